The fraction of sp³-hybridized carbons (Fsp3) is 0.294. The van der Waals surface area contributed by atoms with Crippen molar-refractivity contribution in [2.75, 3.05) is 25.9 Å². The molecule has 4 rings (SSSR count). The van der Waals surface area contributed by atoms with Crippen molar-refractivity contribution in [2.45, 2.75) is 11.8 Å². The van der Waals surface area contributed by atoms with Crippen LogP contribution in [0.15, 0.2) is 36.4 Å². The molecule has 0 bridgehead atoms. The van der Waals surface area contributed by atoms with Gasteiger partial charge in [-0.2, -0.15) is 0 Å². The highest BCUT2D eigenvalue weighted by Crippen LogP contribution is 2.50. The fourth-order valence-electron chi connectivity index (χ4n) is 3.60. The van der Waals surface area contributed by atoms with Gasteiger partial charge in [0.05, 0.1) is 0 Å². The van der Waals surface area contributed by atoms with Gasteiger partial charge < -0.3 is 15.4 Å². The minimum Gasteiger partial charge on any atom is -0.457 e. The van der Waals surface area contributed by atoms with E-state index in [2.05, 4.69) is 18.0 Å². The number of likely N-dealkylation sites (tertiary alicyclic amines) is 1. The Balaban J connectivity index is 1.93. The van der Waals surface area contributed by atoms with E-state index in [-0.39, 0.29) is 0 Å². The molecule has 3 nitrogen and oxygen atoms in total. The maximum atomic E-state index is 6.20. The first-order valence-electron chi connectivity index (χ1n) is 7.17. The third kappa shape index (κ3) is 2.08. The van der Waals surface area contributed by atoms with E-state index in [1.807, 2.05) is 30.3 Å². The summed E-state index contributed by atoms with van der Waals surface area (Å²) in [6, 6.07) is 11.8. The van der Waals surface area contributed by atoms with Crippen molar-refractivity contribution < 1.29 is 4.74 Å². The van der Waals surface area contributed by atoms with Gasteiger partial charge in [0.25, 0.3) is 0 Å². The van der Waals surface area contributed by atoms with Crippen molar-refractivity contribution in [3.05, 3.63) is 52.5 Å². The monoisotopic (exact) mass is 300 g/mol. The number of nitrogen functional groups attached to an aromatic ring is 1. The Kier molecular flexibility index (Phi) is 2.88. The number of likely N-dealkylation sites (N-methyl/N-ethyl adjacent to an activating group) is 1. The van der Waals surface area contributed by atoms with Crippen molar-refractivity contribution in [1.29, 1.82) is 0 Å². The highest BCUT2D eigenvalue weighted by Gasteiger charge is 2.38. The van der Waals surface area contributed by atoms with Crippen LogP contribution in [0.4, 0.5) is 5.69 Å². The molecule has 0 spiro atoms. The molecule has 2 atom stereocenters. The third-order valence-electron chi connectivity index (χ3n) is 4.53. The first-order valence-corrected chi connectivity index (χ1v) is 7.55. The molecule has 1 fully saturated rings. The topological polar surface area (TPSA) is 38.5 Å². The lowest BCUT2D eigenvalue weighted by molar-refractivity contribution is 0.401. The summed E-state index contributed by atoms with van der Waals surface area (Å²) >= 11 is 6.20. The molecule has 2 aromatic rings. The summed E-state index contributed by atoms with van der Waals surface area (Å²) in [4.78, 5) is 2.36. The van der Waals surface area contributed by atoms with Crippen molar-refractivity contribution in [3.63, 3.8) is 0 Å². The quantitative estimate of drug-likeness (QED) is 0.751. The minimum absolute atomic E-state index is 0.395. The van der Waals surface area contributed by atoms with E-state index < -0.39 is 0 Å². The zero-order valence-electron chi connectivity index (χ0n) is 11.8. The van der Waals surface area contributed by atoms with Crippen molar-refractivity contribution >= 4 is 17.3 Å². The van der Waals surface area contributed by atoms with E-state index in [9.17, 15) is 0 Å². The molecular weight excluding hydrogens is 284 g/mol. The molecule has 2 aliphatic rings. The van der Waals surface area contributed by atoms with Crippen LogP contribution in [-0.4, -0.2) is 25.0 Å². The van der Waals surface area contributed by atoms with Crippen LogP contribution in [0.1, 0.15) is 23.0 Å². The summed E-state index contributed by atoms with van der Waals surface area (Å²) in [5.41, 5.74) is 9.18. The van der Waals surface area contributed by atoms with E-state index in [0.29, 0.717) is 11.8 Å². The molecule has 2 heterocycles. The average Bonchev–Trinajstić information content (AvgIpc) is 2.79. The number of nitrogens with two attached hydrogens (primary N) is 1. The molecule has 2 N–H and O–H groups in total. The molecule has 1 saturated heterocycles. The molecule has 0 aliphatic carbocycles. The number of benzene rings is 2. The lowest BCUT2D eigenvalue weighted by atomic mass is 9.84. The number of fused-ring (bicyclic) bond motifs is 5. The summed E-state index contributed by atoms with van der Waals surface area (Å²) < 4.78 is 6.15. The Morgan fingerprint density at radius 1 is 1.05 bits per heavy atom. The number of rotatable bonds is 0. The third-order valence-corrected chi connectivity index (χ3v) is 4.76. The van der Waals surface area contributed by atoms with Crippen LogP contribution in [0.2, 0.25) is 5.02 Å². The van der Waals surface area contributed by atoms with E-state index in [0.717, 1.165) is 35.3 Å². The Morgan fingerprint density at radius 2 is 1.67 bits per heavy atom. The van der Waals surface area contributed by atoms with Gasteiger partial charge in [-0.15, -0.1) is 0 Å². The van der Waals surface area contributed by atoms with Gasteiger partial charge in [0.2, 0.25) is 0 Å². The van der Waals surface area contributed by atoms with Crippen LogP contribution < -0.4 is 10.5 Å². The number of halogens is 1. The Morgan fingerprint density at radius 3 is 2.38 bits per heavy atom. The molecule has 0 aromatic heterocycles. The molecule has 2 aromatic carbocycles. The molecule has 21 heavy (non-hydrogen) atoms. The number of anilines is 1. The highest BCUT2D eigenvalue weighted by molar-refractivity contribution is 6.30. The standard InChI is InChI=1S/C17H17ClN2O/c1-20-8-14-12-6-10(18)2-4-16(12)21-17-5-3-11(19)7-13(17)15(14)9-20/h2-7,14-15H,8-9,19H2,1H3/t14-,15-/m0/s1. The van der Waals surface area contributed by atoms with Gasteiger partial charge in [0, 0.05) is 46.8 Å². The van der Waals surface area contributed by atoms with E-state index in [1.54, 1.807) is 0 Å². The van der Waals surface area contributed by atoms with E-state index in [4.69, 9.17) is 22.1 Å². The highest BCUT2D eigenvalue weighted by atomic mass is 35.5. The molecule has 0 unspecified atom stereocenters. The van der Waals surface area contributed by atoms with E-state index in [1.165, 1.54) is 11.1 Å². The summed E-state index contributed by atoms with van der Waals surface area (Å²) in [5.74, 6) is 2.61. The van der Waals surface area contributed by atoms with E-state index >= 15 is 0 Å². The number of hydrogen-bond donors (Lipinski definition) is 1. The number of hydrogen-bond acceptors (Lipinski definition) is 3. The zero-order valence-corrected chi connectivity index (χ0v) is 12.6. The predicted octanol–water partition coefficient (Wildman–Crippen LogP) is 3.84. The van der Waals surface area contributed by atoms with Crippen molar-refractivity contribution in [2.24, 2.45) is 0 Å². The normalized spacial score (nSPS) is 23.7. The Hall–Kier alpha value is -1.71. The number of nitrogens with zero attached hydrogens (tertiary/aromatic N) is 1. The summed E-state index contributed by atoms with van der Waals surface area (Å²) in [6.07, 6.45) is 0. The van der Waals surface area contributed by atoms with Crippen LogP contribution in [0.5, 0.6) is 11.5 Å². The largest absolute Gasteiger partial charge is 0.457 e. The molecule has 0 radical (unpaired) electrons. The lowest BCUT2D eigenvalue weighted by Gasteiger charge is -2.17. The molecule has 108 valence electrons. The summed E-state index contributed by atoms with van der Waals surface area (Å²) in [7, 11) is 2.16. The van der Waals surface area contributed by atoms with Gasteiger partial charge >= 0.3 is 0 Å². The van der Waals surface area contributed by atoms with Gasteiger partial charge in [0.1, 0.15) is 11.5 Å². The molecule has 0 amide bonds. The van der Waals surface area contributed by atoms with Crippen LogP contribution in [-0.2, 0) is 0 Å². The van der Waals surface area contributed by atoms with Crippen molar-refractivity contribution in [1.82, 2.24) is 4.90 Å². The van der Waals surface area contributed by atoms with Crippen LogP contribution in [0, 0.1) is 0 Å². The fourth-order valence-corrected chi connectivity index (χ4v) is 3.78. The lowest BCUT2D eigenvalue weighted by Crippen LogP contribution is -2.14. The van der Waals surface area contributed by atoms with Crippen LogP contribution in [0.25, 0.3) is 0 Å². The smallest absolute Gasteiger partial charge is 0.131 e. The van der Waals surface area contributed by atoms with Crippen LogP contribution in [0.3, 0.4) is 0 Å². The predicted molar refractivity (Wildman–Crippen MR) is 85.4 cm³/mol. The maximum absolute atomic E-state index is 6.20. The van der Waals surface area contributed by atoms with Gasteiger partial charge in [-0.25, -0.2) is 0 Å². The SMILES string of the molecule is CN1C[C@H]2c3cc(N)ccc3Oc3ccc(Cl)cc3[C@@H]2C1. The second kappa shape index (κ2) is 4.65. The van der Waals surface area contributed by atoms with Gasteiger partial charge in [-0.1, -0.05) is 11.6 Å². The second-order valence-electron chi connectivity index (χ2n) is 6.02. The average molecular weight is 301 g/mol. The second-order valence-corrected chi connectivity index (χ2v) is 6.45. The van der Waals surface area contributed by atoms with Gasteiger partial charge in [-0.05, 0) is 43.4 Å². The minimum atomic E-state index is 0.395. The molecule has 2 aliphatic heterocycles. The molecule has 4 heteroatoms. The maximum Gasteiger partial charge on any atom is 0.131 e. The first-order chi connectivity index (χ1) is 10.1. The number of ether oxygens (including phenoxy) is 1. The van der Waals surface area contributed by atoms with Gasteiger partial charge in [0.15, 0.2) is 0 Å². The zero-order chi connectivity index (χ0) is 14.6. The van der Waals surface area contributed by atoms with Crippen LogP contribution >= 0.6 is 11.6 Å². The van der Waals surface area contributed by atoms with Crippen molar-refractivity contribution in [3.8, 4) is 11.5 Å². The summed E-state index contributed by atoms with van der Waals surface area (Å²) in [6.45, 7) is 2.02. The Labute approximate surface area is 129 Å². The summed E-state index contributed by atoms with van der Waals surface area (Å²) in [5, 5.41) is 0.760. The molecular formula is C17H17ClN2O. The Bertz CT molecular complexity index is 656. The first kappa shape index (κ1) is 13.0. The molecule has 0 saturated carbocycles. The van der Waals surface area contributed by atoms with Gasteiger partial charge in [-0.3, -0.25) is 0 Å².